The Labute approximate surface area is 186 Å². The number of para-hydroxylation sites is 1. The van der Waals surface area contributed by atoms with Crippen molar-refractivity contribution < 1.29 is 19.2 Å². The quantitative estimate of drug-likeness (QED) is 0.479. The van der Waals surface area contributed by atoms with E-state index in [2.05, 4.69) is 0 Å². The van der Waals surface area contributed by atoms with E-state index in [0.29, 0.717) is 42.2 Å². The largest absolute Gasteiger partial charge is 0.494 e. The van der Waals surface area contributed by atoms with Gasteiger partial charge in [-0.05, 0) is 30.9 Å². The number of ketones is 1. The first-order chi connectivity index (χ1) is 15.2. The van der Waals surface area contributed by atoms with Crippen molar-refractivity contribution in [2.24, 2.45) is 5.41 Å². The summed E-state index contributed by atoms with van der Waals surface area (Å²) in [5.74, 6) is 0.0846. The van der Waals surface area contributed by atoms with Crippen molar-refractivity contribution in [3.8, 4) is 5.75 Å². The van der Waals surface area contributed by atoms with Crippen LogP contribution in [0.4, 0.5) is 11.4 Å². The van der Waals surface area contributed by atoms with E-state index < -0.39 is 10.8 Å². The molecule has 2 aromatic carbocycles. The Bertz CT molecular complexity index is 1130. The van der Waals surface area contributed by atoms with Gasteiger partial charge in [-0.2, -0.15) is 0 Å². The molecule has 0 bridgehead atoms. The number of anilines is 1. The fourth-order valence-corrected chi connectivity index (χ4v) is 4.78. The van der Waals surface area contributed by atoms with Crippen LogP contribution in [0, 0.1) is 15.5 Å². The number of rotatable bonds is 5. The number of nitro benzene ring substituents is 1. The first-order valence-corrected chi connectivity index (χ1v) is 10.8. The molecule has 0 spiro atoms. The number of hydrogen-bond donors (Lipinski definition) is 0. The summed E-state index contributed by atoms with van der Waals surface area (Å²) >= 11 is 0. The topological polar surface area (TPSA) is 89.8 Å². The number of non-ortho nitro benzene ring substituents is 1. The molecule has 1 unspecified atom stereocenters. The summed E-state index contributed by atoms with van der Waals surface area (Å²) in [6, 6.07) is 13.5. The fraction of sp³-hybridized carbons (Fsp3) is 0.360. The van der Waals surface area contributed by atoms with Gasteiger partial charge < -0.3 is 4.74 Å². The normalized spacial score (nSPS) is 20.2. The molecular formula is C25H26N2O5. The van der Waals surface area contributed by atoms with Gasteiger partial charge in [-0.3, -0.25) is 24.6 Å². The molecule has 0 saturated carbocycles. The Morgan fingerprint density at radius 1 is 1.12 bits per heavy atom. The van der Waals surface area contributed by atoms with Crippen molar-refractivity contribution in [2.45, 2.75) is 46.0 Å². The van der Waals surface area contributed by atoms with Gasteiger partial charge in [0.05, 0.1) is 17.2 Å². The van der Waals surface area contributed by atoms with Crippen molar-refractivity contribution in [2.75, 3.05) is 11.5 Å². The molecule has 0 aromatic heterocycles. The maximum absolute atomic E-state index is 13.5. The van der Waals surface area contributed by atoms with E-state index in [1.165, 1.54) is 17.0 Å². The molecule has 4 rings (SSSR count). The molecule has 1 amide bonds. The predicted octanol–water partition coefficient (Wildman–Crippen LogP) is 5.16. The highest BCUT2D eigenvalue weighted by molar-refractivity contribution is 6.08. The van der Waals surface area contributed by atoms with Gasteiger partial charge in [0.2, 0.25) is 5.91 Å². The Morgan fingerprint density at radius 3 is 2.59 bits per heavy atom. The second kappa shape index (κ2) is 8.22. The van der Waals surface area contributed by atoms with Crippen molar-refractivity contribution >= 4 is 23.1 Å². The van der Waals surface area contributed by atoms with E-state index in [1.807, 2.05) is 45.0 Å². The predicted molar refractivity (Wildman–Crippen MR) is 121 cm³/mol. The lowest BCUT2D eigenvalue weighted by Gasteiger charge is -2.43. The second-order valence-electron chi connectivity index (χ2n) is 9.03. The molecule has 0 saturated heterocycles. The van der Waals surface area contributed by atoms with Gasteiger partial charge in [0.1, 0.15) is 5.75 Å². The smallest absolute Gasteiger partial charge is 0.271 e. The Kier molecular flexibility index (Phi) is 5.59. The molecule has 0 fully saturated rings. The lowest BCUT2D eigenvalue weighted by Crippen LogP contribution is -2.43. The number of ether oxygens (including phenoxy) is 1. The first kappa shape index (κ1) is 21.7. The molecule has 166 valence electrons. The summed E-state index contributed by atoms with van der Waals surface area (Å²) < 4.78 is 5.80. The maximum atomic E-state index is 13.5. The molecule has 1 aliphatic heterocycles. The maximum Gasteiger partial charge on any atom is 0.271 e. The van der Waals surface area contributed by atoms with E-state index in [-0.39, 0.29) is 29.2 Å². The SMILES string of the molecule is CCOc1ccccc1C1CC(=O)N(c2cccc([N+](=O)[O-])c2)C2=C1C(=O)CC(C)(C)C2. The monoisotopic (exact) mass is 434 g/mol. The lowest BCUT2D eigenvalue weighted by molar-refractivity contribution is -0.384. The third kappa shape index (κ3) is 3.90. The van der Waals surface area contributed by atoms with Gasteiger partial charge in [0.25, 0.3) is 5.69 Å². The van der Waals surface area contributed by atoms with Crippen LogP contribution >= 0.6 is 0 Å². The lowest BCUT2D eigenvalue weighted by atomic mass is 9.69. The van der Waals surface area contributed by atoms with Gasteiger partial charge in [0.15, 0.2) is 5.78 Å². The first-order valence-electron chi connectivity index (χ1n) is 10.8. The van der Waals surface area contributed by atoms with E-state index in [4.69, 9.17) is 4.74 Å². The number of nitro groups is 1. The van der Waals surface area contributed by atoms with E-state index in [0.717, 1.165) is 5.56 Å². The summed E-state index contributed by atoms with van der Waals surface area (Å²) in [5, 5.41) is 11.3. The summed E-state index contributed by atoms with van der Waals surface area (Å²) in [5.41, 5.74) is 2.07. The number of amides is 1. The van der Waals surface area contributed by atoms with Crippen LogP contribution in [0.1, 0.15) is 51.5 Å². The highest BCUT2D eigenvalue weighted by atomic mass is 16.6. The van der Waals surface area contributed by atoms with Crippen molar-refractivity contribution in [3.63, 3.8) is 0 Å². The van der Waals surface area contributed by atoms with Crippen LogP contribution < -0.4 is 9.64 Å². The van der Waals surface area contributed by atoms with E-state index >= 15 is 0 Å². The molecule has 2 aliphatic rings. The minimum Gasteiger partial charge on any atom is -0.494 e. The third-order valence-electron chi connectivity index (χ3n) is 6.04. The highest BCUT2D eigenvalue weighted by Crippen LogP contribution is 2.49. The van der Waals surface area contributed by atoms with Crippen LogP contribution in [-0.2, 0) is 9.59 Å². The van der Waals surface area contributed by atoms with Crippen LogP contribution in [0.2, 0.25) is 0 Å². The summed E-state index contributed by atoms with van der Waals surface area (Å²) in [4.78, 5) is 39.2. The zero-order chi connectivity index (χ0) is 23.0. The highest BCUT2D eigenvalue weighted by Gasteiger charge is 2.45. The molecule has 1 aliphatic carbocycles. The van der Waals surface area contributed by atoms with E-state index in [1.54, 1.807) is 12.1 Å². The standard InChI is InChI=1S/C25H26N2O5/c1-4-32-22-11-6-5-10-18(22)19-13-23(29)26(16-8-7-9-17(12-16)27(30)31)20-14-25(2,3)15-21(28)24(19)20/h5-12,19H,4,13-15H2,1-3H3. The van der Waals surface area contributed by atoms with Crippen molar-refractivity contribution in [3.05, 3.63) is 75.5 Å². The summed E-state index contributed by atoms with van der Waals surface area (Å²) in [6.07, 6.45) is 1.00. The van der Waals surface area contributed by atoms with Crippen molar-refractivity contribution in [1.29, 1.82) is 0 Å². The molecular weight excluding hydrogens is 408 g/mol. The average Bonchev–Trinajstić information content (AvgIpc) is 2.73. The molecule has 0 radical (unpaired) electrons. The molecule has 1 atom stereocenters. The van der Waals surface area contributed by atoms with Gasteiger partial charge >= 0.3 is 0 Å². The van der Waals surface area contributed by atoms with Crippen LogP contribution in [0.5, 0.6) is 5.75 Å². The molecule has 32 heavy (non-hydrogen) atoms. The summed E-state index contributed by atoms with van der Waals surface area (Å²) in [6.45, 7) is 6.38. The fourth-order valence-electron chi connectivity index (χ4n) is 4.78. The molecule has 1 heterocycles. The number of carbonyl (C=O) groups excluding carboxylic acids is 2. The Balaban J connectivity index is 1.91. The van der Waals surface area contributed by atoms with Crippen LogP contribution in [0.25, 0.3) is 0 Å². The van der Waals surface area contributed by atoms with Crippen molar-refractivity contribution in [1.82, 2.24) is 0 Å². The summed E-state index contributed by atoms with van der Waals surface area (Å²) in [7, 11) is 0. The minimum atomic E-state index is -0.482. The zero-order valence-corrected chi connectivity index (χ0v) is 18.5. The Morgan fingerprint density at radius 2 is 1.88 bits per heavy atom. The Hall–Kier alpha value is -3.48. The van der Waals surface area contributed by atoms with Crippen LogP contribution in [-0.4, -0.2) is 23.2 Å². The minimum absolute atomic E-state index is 0.00971. The number of nitrogens with zero attached hydrogens (tertiary/aromatic N) is 2. The number of allylic oxidation sites excluding steroid dienone is 2. The zero-order valence-electron chi connectivity index (χ0n) is 18.5. The number of Topliss-reactive ketones (excluding diaryl/α,β-unsaturated/α-hetero) is 1. The van der Waals surface area contributed by atoms with Gasteiger partial charge in [-0.25, -0.2) is 0 Å². The van der Waals surface area contributed by atoms with E-state index in [9.17, 15) is 19.7 Å². The van der Waals surface area contributed by atoms with Gasteiger partial charge in [-0.1, -0.05) is 38.1 Å². The number of benzene rings is 2. The molecule has 7 nitrogen and oxygen atoms in total. The van der Waals surface area contributed by atoms with Crippen LogP contribution in [0.15, 0.2) is 59.8 Å². The van der Waals surface area contributed by atoms with Gasteiger partial charge in [0, 0.05) is 47.7 Å². The number of carbonyl (C=O) groups is 2. The van der Waals surface area contributed by atoms with Crippen LogP contribution in [0.3, 0.4) is 0 Å². The van der Waals surface area contributed by atoms with Gasteiger partial charge in [-0.15, -0.1) is 0 Å². The third-order valence-corrected chi connectivity index (χ3v) is 6.04. The molecule has 0 N–H and O–H groups in total. The number of hydrogen-bond acceptors (Lipinski definition) is 5. The molecule has 2 aromatic rings. The average molecular weight is 434 g/mol. The molecule has 7 heteroatoms. The second-order valence-corrected chi connectivity index (χ2v) is 9.03.